The standard InChI is InChI=1S/C29H24N6O3/c1-2-38-29(37)23-10-8-22(9-11-23)28-27(21-14-16-30-17-15-21)33-34-35(28)19-26(36)32-25-13-12-24(18-31-25)20-6-4-3-5-7-20/h3-18H,2,19H2,1H3,(H,31,32,36). The minimum atomic E-state index is -0.398. The number of anilines is 1. The van der Waals surface area contributed by atoms with Crippen LogP contribution in [0.3, 0.4) is 0 Å². The van der Waals surface area contributed by atoms with Gasteiger partial charge in [0.1, 0.15) is 18.1 Å². The van der Waals surface area contributed by atoms with Gasteiger partial charge in [-0.05, 0) is 48.9 Å². The second-order valence-corrected chi connectivity index (χ2v) is 8.32. The predicted octanol–water partition coefficient (Wildman–Crippen LogP) is 4.88. The summed E-state index contributed by atoms with van der Waals surface area (Å²) in [6, 6.07) is 24.1. The van der Waals surface area contributed by atoms with Crippen LogP contribution in [0.1, 0.15) is 17.3 Å². The fourth-order valence-electron chi connectivity index (χ4n) is 3.98. The van der Waals surface area contributed by atoms with E-state index in [0.717, 1.165) is 22.3 Å². The molecule has 0 radical (unpaired) electrons. The van der Waals surface area contributed by atoms with Crippen molar-refractivity contribution in [2.45, 2.75) is 13.5 Å². The van der Waals surface area contributed by atoms with Crippen molar-refractivity contribution in [2.75, 3.05) is 11.9 Å². The Morgan fingerprint density at radius 2 is 1.58 bits per heavy atom. The van der Waals surface area contributed by atoms with Gasteiger partial charge in [-0.2, -0.15) is 0 Å². The van der Waals surface area contributed by atoms with Gasteiger partial charge in [-0.25, -0.2) is 14.5 Å². The molecule has 9 heteroatoms. The van der Waals surface area contributed by atoms with Gasteiger partial charge in [0.2, 0.25) is 5.91 Å². The summed E-state index contributed by atoms with van der Waals surface area (Å²) >= 11 is 0. The second-order valence-electron chi connectivity index (χ2n) is 8.32. The van der Waals surface area contributed by atoms with E-state index >= 15 is 0 Å². The number of nitrogens with one attached hydrogen (secondary N) is 1. The number of amides is 1. The Kier molecular flexibility index (Phi) is 7.26. The number of benzene rings is 2. The van der Waals surface area contributed by atoms with Crippen molar-refractivity contribution in [3.63, 3.8) is 0 Å². The Balaban J connectivity index is 1.39. The zero-order chi connectivity index (χ0) is 26.3. The molecule has 2 aromatic carbocycles. The van der Waals surface area contributed by atoms with E-state index in [1.165, 1.54) is 4.68 Å². The molecular weight excluding hydrogens is 480 g/mol. The molecule has 0 saturated heterocycles. The highest BCUT2D eigenvalue weighted by atomic mass is 16.5. The summed E-state index contributed by atoms with van der Waals surface area (Å²) < 4.78 is 6.61. The molecule has 38 heavy (non-hydrogen) atoms. The van der Waals surface area contributed by atoms with Crippen LogP contribution >= 0.6 is 0 Å². The highest BCUT2D eigenvalue weighted by Gasteiger charge is 2.19. The van der Waals surface area contributed by atoms with Crippen LogP contribution in [0, 0.1) is 0 Å². The molecule has 5 rings (SSSR count). The van der Waals surface area contributed by atoms with Gasteiger partial charge in [-0.15, -0.1) is 5.10 Å². The Morgan fingerprint density at radius 3 is 2.26 bits per heavy atom. The summed E-state index contributed by atoms with van der Waals surface area (Å²) in [5.74, 6) is -0.268. The van der Waals surface area contributed by atoms with Crippen LogP contribution in [0.5, 0.6) is 0 Å². The molecule has 0 bridgehead atoms. The lowest BCUT2D eigenvalue weighted by molar-refractivity contribution is -0.116. The summed E-state index contributed by atoms with van der Waals surface area (Å²) in [6.45, 7) is 1.97. The zero-order valence-corrected chi connectivity index (χ0v) is 20.6. The van der Waals surface area contributed by atoms with Crippen LogP contribution in [0.4, 0.5) is 5.82 Å². The fourth-order valence-corrected chi connectivity index (χ4v) is 3.98. The molecule has 0 aliphatic carbocycles. The van der Waals surface area contributed by atoms with E-state index in [9.17, 15) is 9.59 Å². The highest BCUT2D eigenvalue weighted by molar-refractivity contribution is 5.92. The Morgan fingerprint density at radius 1 is 0.842 bits per heavy atom. The molecule has 3 aromatic heterocycles. The van der Waals surface area contributed by atoms with Crippen LogP contribution in [-0.4, -0.2) is 43.4 Å². The molecule has 3 heterocycles. The van der Waals surface area contributed by atoms with Crippen LogP contribution in [0.25, 0.3) is 33.6 Å². The van der Waals surface area contributed by atoms with Crippen molar-refractivity contribution in [1.29, 1.82) is 0 Å². The lowest BCUT2D eigenvalue weighted by atomic mass is 10.0. The van der Waals surface area contributed by atoms with Crippen molar-refractivity contribution < 1.29 is 14.3 Å². The van der Waals surface area contributed by atoms with E-state index in [1.807, 2.05) is 48.5 Å². The first-order chi connectivity index (χ1) is 18.6. The normalized spacial score (nSPS) is 10.7. The number of carbonyl (C=O) groups excluding carboxylic acids is 2. The molecule has 0 aliphatic heterocycles. The second kappa shape index (κ2) is 11.3. The monoisotopic (exact) mass is 504 g/mol. The molecule has 1 N–H and O–H groups in total. The Hall–Kier alpha value is -5.18. The third kappa shape index (κ3) is 5.46. The number of hydrogen-bond donors (Lipinski definition) is 1. The van der Waals surface area contributed by atoms with Crippen LogP contribution < -0.4 is 5.32 Å². The molecule has 188 valence electrons. The van der Waals surface area contributed by atoms with Gasteiger partial charge < -0.3 is 10.1 Å². The molecule has 9 nitrogen and oxygen atoms in total. The van der Waals surface area contributed by atoms with Gasteiger partial charge in [0.25, 0.3) is 0 Å². The zero-order valence-electron chi connectivity index (χ0n) is 20.6. The van der Waals surface area contributed by atoms with Crippen molar-refractivity contribution in [3.05, 3.63) is 103 Å². The van der Waals surface area contributed by atoms with Crippen molar-refractivity contribution >= 4 is 17.7 Å². The van der Waals surface area contributed by atoms with Gasteiger partial charge in [0.05, 0.1) is 17.9 Å². The number of aromatic nitrogens is 5. The van der Waals surface area contributed by atoms with Gasteiger partial charge in [-0.3, -0.25) is 9.78 Å². The molecule has 5 aromatic rings. The first-order valence-corrected chi connectivity index (χ1v) is 12.0. The molecular formula is C29H24N6O3. The summed E-state index contributed by atoms with van der Waals surface area (Å²) in [7, 11) is 0. The van der Waals surface area contributed by atoms with Crippen molar-refractivity contribution in [1.82, 2.24) is 25.0 Å². The fraction of sp³-hybridized carbons (Fsp3) is 0.103. The summed E-state index contributed by atoms with van der Waals surface area (Å²) in [4.78, 5) is 33.5. The highest BCUT2D eigenvalue weighted by Crippen LogP contribution is 2.30. The van der Waals surface area contributed by atoms with Crippen LogP contribution in [-0.2, 0) is 16.1 Å². The molecule has 0 aliphatic rings. The van der Waals surface area contributed by atoms with E-state index < -0.39 is 5.97 Å². The number of esters is 1. The minimum Gasteiger partial charge on any atom is -0.462 e. The van der Waals surface area contributed by atoms with E-state index in [0.29, 0.717) is 29.4 Å². The average molecular weight is 505 g/mol. The third-order valence-corrected chi connectivity index (χ3v) is 5.79. The Labute approximate surface area is 219 Å². The largest absolute Gasteiger partial charge is 0.462 e. The quantitative estimate of drug-likeness (QED) is 0.300. The maximum atomic E-state index is 13.0. The van der Waals surface area contributed by atoms with Gasteiger partial charge in [-0.1, -0.05) is 47.7 Å². The van der Waals surface area contributed by atoms with Crippen LogP contribution in [0.15, 0.2) is 97.5 Å². The maximum Gasteiger partial charge on any atom is 0.338 e. The first kappa shape index (κ1) is 24.5. The van der Waals surface area contributed by atoms with Gasteiger partial charge in [0.15, 0.2) is 0 Å². The number of pyridine rings is 2. The predicted molar refractivity (Wildman–Crippen MR) is 143 cm³/mol. The average Bonchev–Trinajstić information content (AvgIpc) is 3.38. The van der Waals surface area contributed by atoms with E-state index in [4.69, 9.17) is 4.74 Å². The van der Waals surface area contributed by atoms with Crippen molar-refractivity contribution in [2.24, 2.45) is 0 Å². The smallest absolute Gasteiger partial charge is 0.338 e. The Bertz CT molecular complexity index is 1530. The number of hydrogen-bond acceptors (Lipinski definition) is 7. The minimum absolute atomic E-state index is 0.0881. The SMILES string of the molecule is CCOC(=O)c1ccc(-c2c(-c3ccncc3)nnn2CC(=O)Nc2ccc(-c3ccccc3)cn2)cc1. The number of ether oxygens (including phenoxy) is 1. The number of nitrogens with zero attached hydrogens (tertiary/aromatic N) is 5. The first-order valence-electron chi connectivity index (χ1n) is 12.0. The molecule has 0 saturated carbocycles. The number of carbonyl (C=O) groups is 2. The van der Waals surface area contributed by atoms with Crippen LogP contribution in [0.2, 0.25) is 0 Å². The molecule has 1 amide bonds. The van der Waals surface area contributed by atoms with Crippen molar-refractivity contribution in [3.8, 4) is 33.6 Å². The summed E-state index contributed by atoms with van der Waals surface area (Å²) in [6.07, 6.45) is 5.05. The topological polar surface area (TPSA) is 112 Å². The molecule has 0 fully saturated rings. The number of rotatable bonds is 8. The maximum absolute atomic E-state index is 13.0. The lowest BCUT2D eigenvalue weighted by Gasteiger charge is -2.10. The summed E-state index contributed by atoms with van der Waals surface area (Å²) in [5, 5.41) is 11.4. The van der Waals surface area contributed by atoms with Gasteiger partial charge in [0, 0.05) is 35.3 Å². The lowest BCUT2D eigenvalue weighted by Crippen LogP contribution is -2.20. The van der Waals surface area contributed by atoms with E-state index in [1.54, 1.807) is 55.8 Å². The van der Waals surface area contributed by atoms with E-state index in [-0.39, 0.29) is 12.5 Å². The molecule has 0 unspecified atom stereocenters. The summed E-state index contributed by atoms with van der Waals surface area (Å²) in [5.41, 5.74) is 5.20. The third-order valence-electron chi connectivity index (χ3n) is 5.79. The molecule has 0 spiro atoms. The molecule has 0 atom stereocenters. The van der Waals surface area contributed by atoms with Gasteiger partial charge >= 0.3 is 5.97 Å². The van der Waals surface area contributed by atoms with E-state index in [2.05, 4.69) is 25.6 Å².